The van der Waals surface area contributed by atoms with Crippen molar-refractivity contribution in [1.82, 2.24) is 29.8 Å². The molecule has 2 saturated heterocycles. The number of carbonyl (C=O) groups excluding carboxylic acids is 2. The summed E-state index contributed by atoms with van der Waals surface area (Å²) in [6, 6.07) is -0.0582. The van der Waals surface area contributed by atoms with Gasteiger partial charge in [-0.1, -0.05) is 6.92 Å². The molecule has 0 aliphatic carbocycles. The summed E-state index contributed by atoms with van der Waals surface area (Å²) in [6.07, 6.45) is 6.80. The molecular formula is C18H30N6O2. The molecule has 1 aromatic heterocycles. The molecule has 144 valence electrons. The van der Waals surface area contributed by atoms with Crippen LogP contribution in [0.2, 0.25) is 0 Å². The maximum Gasteiger partial charge on any atom is 0.317 e. The van der Waals surface area contributed by atoms with Gasteiger partial charge in [-0.3, -0.25) is 14.4 Å². The molecule has 26 heavy (non-hydrogen) atoms. The van der Waals surface area contributed by atoms with Crippen molar-refractivity contribution in [2.24, 2.45) is 7.05 Å². The van der Waals surface area contributed by atoms with Crippen LogP contribution >= 0.6 is 0 Å². The first kappa shape index (κ1) is 18.7. The Kier molecular flexibility index (Phi) is 6.13. The number of rotatable bonds is 5. The number of nitrogens with one attached hydrogen (secondary N) is 1. The number of urea groups is 1. The lowest BCUT2D eigenvalue weighted by atomic mass is 10.1. The summed E-state index contributed by atoms with van der Waals surface area (Å²) in [5, 5.41) is 7.29. The molecule has 8 heteroatoms. The predicted molar refractivity (Wildman–Crippen MR) is 98.6 cm³/mol. The van der Waals surface area contributed by atoms with Gasteiger partial charge in [-0.15, -0.1) is 0 Å². The summed E-state index contributed by atoms with van der Waals surface area (Å²) in [4.78, 5) is 30.8. The van der Waals surface area contributed by atoms with Crippen LogP contribution in [0.4, 0.5) is 4.79 Å². The van der Waals surface area contributed by atoms with Crippen LogP contribution in [0.1, 0.15) is 37.8 Å². The van der Waals surface area contributed by atoms with E-state index < -0.39 is 0 Å². The quantitative estimate of drug-likeness (QED) is 0.842. The molecule has 0 spiro atoms. The smallest absolute Gasteiger partial charge is 0.317 e. The number of piperazine rings is 1. The molecule has 0 saturated carbocycles. The van der Waals surface area contributed by atoms with Gasteiger partial charge in [0, 0.05) is 58.1 Å². The normalized spacial score (nSPS) is 19.6. The van der Waals surface area contributed by atoms with Gasteiger partial charge in [0.15, 0.2) is 0 Å². The summed E-state index contributed by atoms with van der Waals surface area (Å²) in [7, 11) is 1.88. The lowest BCUT2D eigenvalue weighted by Gasteiger charge is -2.35. The van der Waals surface area contributed by atoms with Crippen LogP contribution in [0.15, 0.2) is 12.4 Å². The lowest BCUT2D eigenvalue weighted by molar-refractivity contribution is -0.131. The second-order valence-electron chi connectivity index (χ2n) is 7.21. The molecule has 1 atom stereocenters. The minimum Gasteiger partial charge on any atom is -0.342 e. The molecule has 1 N–H and O–H groups in total. The highest BCUT2D eigenvalue weighted by atomic mass is 16.2. The first-order valence-electron chi connectivity index (χ1n) is 9.61. The van der Waals surface area contributed by atoms with Gasteiger partial charge in [-0.25, -0.2) is 4.79 Å². The number of aryl methyl sites for hydroxylation is 1. The Morgan fingerprint density at radius 1 is 1.12 bits per heavy atom. The molecular weight excluding hydrogens is 332 g/mol. The molecule has 0 bridgehead atoms. The number of hydrogen-bond donors (Lipinski definition) is 1. The average molecular weight is 362 g/mol. The molecule has 3 heterocycles. The van der Waals surface area contributed by atoms with E-state index in [0.717, 1.165) is 51.0 Å². The first-order valence-corrected chi connectivity index (χ1v) is 9.61. The van der Waals surface area contributed by atoms with Crippen LogP contribution in [0.5, 0.6) is 0 Å². The number of likely N-dealkylation sites (tertiary alicyclic amines) is 1. The Hall–Kier alpha value is -2.09. The molecule has 3 amide bonds. The molecule has 1 aromatic rings. The van der Waals surface area contributed by atoms with Crippen LogP contribution in [0.3, 0.4) is 0 Å². The van der Waals surface area contributed by atoms with E-state index in [1.54, 1.807) is 10.9 Å². The monoisotopic (exact) mass is 362 g/mol. The van der Waals surface area contributed by atoms with Crippen LogP contribution in [0.25, 0.3) is 0 Å². The average Bonchev–Trinajstić information content (AvgIpc) is 3.32. The Morgan fingerprint density at radius 2 is 1.81 bits per heavy atom. The van der Waals surface area contributed by atoms with Crippen molar-refractivity contribution >= 4 is 11.9 Å². The predicted octanol–water partition coefficient (Wildman–Crippen LogP) is 0.821. The fourth-order valence-electron chi connectivity index (χ4n) is 3.65. The highest BCUT2D eigenvalue weighted by Gasteiger charge is 2.26. The standard InChI is InChI=1S/C18H30N6O2/c1-3-16(15-12-19-21(2)13-15)20-18(26)24-10-8-22(9-11-24)14-17(25)23-6-4-5-7-23/h12-13,16H,3-11,14H2,1-2H3,(H,20,26)/t16-/m0/s1. The van der Waals surface area contributed by atoms with Crippen molar-refractivity contribution in [3.05, 3.63) is 18.0 Å². The number of carbonyl (C=O) groups is 2. The maximum atomic E-state index is 12.6. The summed E-state index contributed by atoms with van der Waals surface area (Å²) in [5.74, 6) is 0.225. The van der Waals surface area contributed by atoms with Gasteiger partial charge in [-0.2, -0.15) is 5.10 Å². The minimum absolute atomic E-state index is 0.0222. The van der Waals surface area contributed by atoms with Gasteiger partial charge in [0.05, 0.1) is 18.8 Å². The van der Waals surface area contributed by atoms with Crippen molar-refractivity contribution in [3.8, 4) is 0 Å². The van der Waals surface area contributed by atoms with Gasteiger partial charge >= 0.3 is 6.03 Å². The largest absolute Gasteiger partial charge is 0.342 e. The van der Waals surface area contributed by atoms with E-state index >= 15 is 0 Å². The molecule has 2 aliphatic heterocycles. The van der Waals surface area contributed by atoms with E-state index in [-0.39, 0.29) is 18.0 Å². The van der Waals surface area contributed by atoms with Gasteiger partial charge in [0.25, 0.3) is 0 Å². The summed E-state index contributed by atoms with van der Waals surface area (Å²) in [6.45, 7) is 7.13. The zero-order chi connectivity index (χ0) is 18.5. The third-order valence-corrected chi connectivity index (χ3v) is 5.31. The van der Waals surface area contributed by atoms with Crippen LogP contribution in [-0.2, 0) is 11.8 Å². The summed E-state index contributed by atoms with van der Waals surface area (Å²) >= 11 is 0. The van der Waals surface area contributed by atoms with E-state index in [1.165, 1.54) is 0 Å². The second-order valence-corrected chi connectivity index (χ2v) is 7.21. The Balaban J connectivity index is 1.44. The van der Waals surface area contributed by atoms with E-state index in [1.807, 2.05) is 23.0 Å². The molecule has 0 radical (unpaired) electrons. The zero-order valence-corrected chi connectivity index (χ0v) is 15.9. The topological polar surface area (TPSA) is 73.7 Å². The zero-order valence-electron chi connectivity index (χ0n) is 15.9. The molecule has 2 fully saturated rings. The van der Waals surface area contributed by atoms with Crippen LogP contribution in [0, 0.1) is 0 Å². The molecule has 2 aliphatic rings. The van der Waals surface area contributed by atoms with Gasteiger partial charge in [0.1, 0.15) is 0 Å². The third kappa shape index (κ3) is 4.55. The van der Waals surface area contributed by atoms with E-state index in [2.05, 4.69) is 22.2 Å². The summed E-state index contributed by atoms with van der Waals surface area (Å²) in [5.41, 5.74) is 1.03. The maximum absolute atomic E-state index is 12.6. The van der Waals surface area contributed by atoms with E-state index in [4.69, 9.17) is 0 Å². The minimum atomic E-state index is -0.0359. The van der Waals surface area contributed by atoms with Crippen LogP contribution in [-0.4, -0.2) is 82.2 Å². The van der Waals surface area contributed by atoms with Crippen molar-refractivity contribution in [3.63, 3.8) is 0 Å². The highest BCUT2D eigenvalue weighted by Crippen LogP contribution is 2.16. The Bertz CT molecular complexity index is 617. The molecule has 3 rings (SSSR count). The molecule has 0 aromatic carbocycles. The highest BCUT2D eigenvalue weighted by molar-refractivity contribution is 5.78. The van der Waals surface area contributed by atoms with Gasteiger partial charge in [0.2, 0.25) is 5.91 Å². The third-order valence-electron chi connectivity index (χ3n) is 5.31. The number of amides is 3. The number of aromatic nitrogens is 2. The van der Waals surface area contributed by atoms with E-state index in [9.17, 15) is 9.59 Å². The first-order chi connectivity index (χ1) is 12.6. The lowest BCUT2D eigenvalue weighted by Crippen LogP contribution is -2.53. The SMILES string of the molecule is CC[C@H](NC(=O)N1CCN(CC(=O)N2CCCC2)CC1)c1cnn(C)c1. The van der Waals surface area contributed by atoms with Crippen molar-refractivity contribution < 1.29 is 9.59 Å². The fraction of sp³-hybridized carbons (Fsp3) is 0.722. The van der Waals surface area contributed by atoms with Crippen molar-refractivity contribution in [2.45, 2.75) is 32.2 Å². The van der Waals surface area contributed by atoms with Crippen molar-refractivity contribution in [2.75, 3.05) is 45.8 Å². The van der Waals surface area contributed by atoms with Crippen molar-refractivity contribution in [1.29, 1.82) is 0 Å². The summed E-state index contributed by atoms with van der Waals surface area (Å²) < 4.78 is 1.75. The second kappa shape index (κ2) is 8.53. The van der Waals surface area contributed by atoms with Crippen LogP contribution < -0.4 is 5.32 Å². The Morgan fingerprint density at radius 3 is 2.38 bits per heavy atom. The number of hydrogen-bond acceptors (Lipinski definition) is 4. The fourth-order valence-corrected chi connectivity index (χ4v) is 3.65. The molecule has 0 unspecified atom stereocenters. The van der Waals surface area contributed by atoms with Gasteiger partial charge in [-0.05, 0) is 19.3 Å². The molecule has 8 nitrogen and oxygen atoms in total. The van der Waals surface area contributed by atoms with Gasteiger partial charge < -0.3 is 15.1 Å². The van der Waals surface area contributed by atoms with E-state index in [0.29, 0.717) is 19.6 Å². The Labute approximate surface area is 155 Å². The number of nitrogens with zero attached hydrogens (tertiary/aromatic N) is 5.